The summed E-state index contributed by atoms with van der Waals surface area (Å²) in [5, 5.41) is 11.8. The maximum atomic E-state index is 12.0. The lowest BCUT2D eigenvalue weighted by atomic mass is 10.1. The van der Waals surface area contributed by atoms with Crippen molar-refractivity contribution in [2.75, 3.05) is 32.7 Å². The second-order valence-electron chi connectivity index (χ2n) is 6.15. The van der Waals surface area contributed by atoms with Crippen LogP contribution >= 0.6 is 0 Å². The summed E-state index contributed by atoms with van der Waals surface area (Å²) >= 11 is 0. The number of amides is 2. The lowest BCUT2D eigenvalue weighted by Crippen LogP contribution is -2.51. The van der Waals surface area contributed by atoms with Gasteiger partial charge in [0.25, 0.3) is 0 Å². The van der Waals surface area contributed by atoms with Gasteiger partial charge in [0.15, 0.2) is 0 Å². The van der Waals surface area contributed by atoms with Gasteiger partial charge in [0.1, 0.15) is 0 Å². The number of hydrogen-bond acceptors (Lipinski definition) is 3. The van der Waals surface area contributed by atoms with E-state index in [0.717, 1.165) is 39.3 Å². The minimum Gasteiger partial charge on any atom is -0.338 e. The van der Waals surface area contributed by atoms with Crippen molar-refractivity contribution >= 4 is 6.03 Å². The zero-order valence-electron chi connectivity index (χ0n) is 13.4. The number of benzene rings is 1. The molecule has 5 heteroatoms. The highest BCUT2D eigenvalue weighted by atomic mass is 16.2. The maximum Gasteiger partial charge on any atom is 0.317 e. The molecule has 2 amide bonds. The van der Waals surface area contributed by atoms with Crippen molar-refractivity contribution < 1.29 is 4.79 Å². The molecule has 1 aromatic carbocycles. The molecule has 1 fully saturated rings. The van der Waals surface area contributed by atoms with E-state index >= 15 is 0 Å². The van der Waals surface area contributed by atoms with Crippen molar-refractivity contribution in [3.05, 3.63) is 35.4 Å². The Labute approximate surface area is 132 Å². The van der Waals surface area contributed by atoms with E-state index in [-0.39, 0.29) is 6.03 Å². The third-order valence-corrected chi connectivity index (χ3v) is 3.81. The number of carbonyl (C=O) groups excluding carboxylic acids is 1. The molecule has 5 nitrogen and oxygen atoms in total. The first-order valence-electron chi connectivity index (χ1n) is 7.82. The highest BCUT2D eigenvalue weighted by Crippen LogP contribution is 2.10. The number of nitrogens with one attached hydrogen (secondary N) is 1. The van der Waals surface area contributed by atoms with Crippen LogP contribution in [0.15, 0.2) is 24.3 Å². The van der Waals surface area contributed by atoms with Crippen molar-refractivity contribution in [2.24, 2.45) is 5.92 Å². The molecular weight excluding hydrogens is 276 g/mol. The summed E-state index contributed by atoms with van der Waals surface area (Å²) < 4.78 is 0. The fourth-order valence-electron chi connectivity index (χ4n) is 2.46. The summed E-state index contributed by atoms with van der Waals surface area (Å²) in [4.78, 5) is 16.2. The van der Waals surface area contributed by atoms with Gasteiger partial charge in [0.05, 0.1) is 11.6 Å². The average molecular weight is 300 g/mol. The maximum absolute atomic E-state index is 12.0. The Morgan fingerprint density at radius 1 is 1.23 bits per heavy atom. The lowest BCUT2D eigenvalue weighted by Gasteiger charge is -2.34. The molecule has 2 rings (SSSR count). The predicted octanol–water partition coefficient (Wildman–Crippen LogP) is 2.04. The summed E-state index contributed by atoms with van der Waals surface area (Å²) in [7, 11) is 0. The topological polar surface area (TPSA) is 59.4 Å². The normalized spacial score (nSPS) is 15.6. The molecule has 0 unspecified atom stereocenters. The smallest absolute Gasteiger partial charge is 0.317 e. The van der Waals surface area contributed by atoms with E-state index in [4.69, 9.17) is 5.26 Å². The zero-order valence-corrected chi connectivity index (χ0v) is 13.4. The minimum absolute atomic E-state index is 0.0479. The van der Waals surface area contributed by atoms with Gasteiger partial charge >= 0.3 is 6.03 Å². The molecule has 118 valence electrons. The Balaban J connectivity index is 1.77. The SMILES string of the molecule is CC(C)CNC(=O)N1CCN(Cc2ccc(C#N)cc2)CC1. The Bertz CT molecular complexity index is 525. The summed E-state index contributed by atoms with van der Waals surface area (Å²) in [5.41, 5.74) is 1.90. The van der Waals surface area contributed by atoms with Gasteiger partial charge < -0.3 is 10.2 Å². The molecule has 1 N–H and O–H groups in total. The Hall–Kier alpha value is -2.06. The van der Waals surface area contributed by atoms with E-state index in [9.17, 15) is 4.79 Å². The van der Waals surface area contributed by atoms with Crippen molar-refractivity contribution in [2.45, 2.75) is 20.4 Å². The second-order valence-corrected chi connectivity index (χ2v) is 6.15. The molecule has 0 saturated carbocycles. The van der Waals surface area contributed by atoms with Crippen LogP contribution in [0.4, 0.5) is 4.79 Å². The molecule has 1 aliphatic heterocycles. The average Bonchev–Trinajstić information content (AvgIpc) is 2.54. The van der Waals surface area contributed by atoms with Crippen LogP contribution in [-0.4, -0.2) is 48.6 Å². The first-order chi connectivity index (χ1) is 10.6. The molecular formula is C17H24N4O. The molecule has 0 atom stereocenters. The van der Waals surface area contributed by atoms with Gasteiger partial charge in [-0.3, -0.25) is 4.90 Å². The first-order valence-corrected chi connectivity index (χ1v) is 7.82. The molecule has 0 aromatic heterocycles. The van der Waals surface area contributed by atoms with Gasteiger partial charge in [-0.2, -0.15) is 5.26 Å². The summed E-state index contributed by atoms with van der Waals surface area (Å²) in [5.74, 6) is 0.474. The van der Waals surface area contributed by atoms with Gasteiger partial charge in [-0.15, -0.1) is 0 Å². The van der Waals surface area contributed by atoms with Crippen molar-refractivity contribution in [1.82, 2.24) is 15.1 Å². The molecule has 1 aromatic rings. The Kier molecular flexibility index (Phi) is 5.79. The van der Waals surface area contributed by atoms with E-state index in [2.05, 4.69) is 30.1 Å². The van der Waals surface area contributed by atoms with Crippen LogP contribution < -0.4 is 5.32 Å². The molecule has 0 bridgehead atoms. The Morgan fingerprint density at radius 2 is 1.86 bits per heavy atom. The van der Waals surface area contributed by atoms with Gasteiger partial charge in [-0.05, 0) is 23.6 Å². The van der Waals surface area contributed by atoms with Crippen LogP contribution in [0.2, 0.25) is 0 Å². The number of nitrogens with zero attached hydrogens (tertiary/aromatic N) is 3. The number of rotatable bonds is 4. The number of nitriles is 1. The zero-order chi connectivity index (χ0) is 15.9. The number of urea groups is 1. The molecule has 0 aliphatic carbocycles. The van der Waals surface area contributed by atoms with E-state index in [1.54, 1.807) is 0 Å². The third kappa shape index (κ3) is 4.74. The number of hydrogen-bond donors (Lipinski definition) is 1. The highest BCUT2D eigenvalue weighted by molar-refractivity contribution is 5.74. The van der Waals surface area contributed by atoms with E-state index in [1.165, 1.54) is 5.56 Å². The van der Waals surface area contributed by atoms with Crippen LogP contribution in [0.3, 0.4) is 0 Å². The van der Waals surface area contributed by atoms with E-state index in [1.807, 2.05) is 29.2 Å². The molecule has 0 spiro atoms. The molecule has 0 radical (unpaired) electrons. The standard InChI is InChI=1S/C17H24N4O/c1-14(2)12-19-17(22)21-9-7-20(8-10-21)13-16-5-3-15(11-18)4-6-16/h3-6,14H,7-10,12-13H2,1-2H3,(H,19,22). The largest absolute Gasteiger partial charge is 0.338 e. The molecule has 22 heavy (non-hydrogen) atoms. The summed E-state index contributed by atoms with van der Waals surface area (Å²) in [6, 6.07) is 9.88. The molecule has 1 heterocycles. The van der Waals surface area contributed by atoms with E-state index in [0.29, 0.717) is 11.5 Å². The van der Waals surface area contributed by atoms with Crippen molar-refractivity contribution in [1.29, 1.82) is 5.26 Å². The fourth-order valence-corrected chi connectivity index (χ4v) is 2.46. The second kappa shape index (κ2) is 7.81. The molecule has 1 aliphatic rings. The van der Waals surface area contributed by atoms with E-state index < -0.39 is 0 Å². The van der Waals surface area contributed by atoms with Crippen LogP contribution in [-0.2, 0) is 6.54 Å². The van der Waals surface area contributed by atoms with Gasteiger partial charge in [0.2, 0.25) is 0 Å². The predicted molar refractivity (Wildman–Crippen MR) is 86.2 cm³/mol. The van der Waals surface area contributed by atoms with Crippen LogP contribution in [0.25, 0.3) is 0 Å². The molecule has 1 saturated heterocycles. The van der Waals surface area contributed by atoms with Crippen molar-refractivity contribution in [3.63, 3.8) is 0 Å². The summed E-state index contributed by atoms with van der Waals surface area (Å²) in [6.45, 7) is 9.08. The number of carbonyl (C=O) groups is 1. The lowest BCUT2D eigenvalue weighted by molar-refractivity contribution is 0.135. The number of piperazine rings is 1. The monoisotopic (exact) mass is 300 g/mol. The highest BCUT2D eigenvalue weighted by Gasteiger charge is 2.20. The Morgan fingerprint density at radius 3 is 2.41 bits per heavy atom. The van der Waals surface area contributed by atoms with Crippen LogP contribution in [0.5, 0.6) is 0 Å². The third-order valence-electron chi connectivity index (χ3n) is 3.81. The van der Waals surface area contributed by atoms with Crippen LogP contribution in [0, 0.1) is 17.2 Å². The van der Waals surface area contributed by atoms with Crippen LogP contribution in [0.1, 0.15) is 25.0 Å². The fraction of sp³-hybridized carbons (Fsp3) is 0.529. The van der Waals surface area contributed by atoms with Crippen molar-refractivity contribution in [3.8, 4) is 6.07 Å². The first kappa shape index (κ1) is 16.3. The van der Waals surface area contributed by atoms with Gasteiger partial charge in [0, 0.05) is 39.3 Å². The van der Waals surface area contributed by atoms with Gasteiger partial charge in [-0.25, -0.2) is 4.79 Å². The quantitative estimate of drug-likeness (QED) is 0.925. The minimum atomic E-state index is 0.0479. The summed E-state index contributed by atoms with van der Waals surface area (Å²) in [6.07, 6.45) is 0. The van der Waals surface area contributed by atoms with Gasteiger partial charge in [-0.1, -0.05) is 26.0 Å².